The number of nitrogens with one attached hydrogen (secondary N) is 2. The minimum atomic E-state index is -3.61. The third kappa shape index (κ3) is 6.81. The molecule has 1 fully saturated rings. The highest BCUT2D eigenvalue weighted by atomic mass is 32.2. The van der Waals surface area contributed by atoms with Gasteiger partial charge in [0.1, 0.15) is 0 Å². The van der Waals surface area contributed by atoms with Crippen molar-refractivity contribution in [3.05, 3.63) is 71.5 Å². The van der Waals surface area contributed by atoms with Gasteiger partial charge in [-0.05, 0) is 74.7 Å². The molecule has 0 atom stereocenters. The minimum Gasteiger partial charge on any atom is -0.378 e. The zero-order chi connectivity index (χ0) is 25.8. The lowest BCUT2D eigenvalue weighted by Gasteiger charge is -2.28. The molecule has 1 saturated heterocycles. The molecule has 1 aliphatic rings. The Labute approximate surface area is 214 Å². The van der Waals surface area contributed by atoms with E-state index in [2.05, 4.69) is 39.0 Å². The van der Waals surface area contributed by atoms with Crippen molar-refractivity contribution in [3.8, 4) is 0 Å². The van der Waals surface area contributed by atoms with Gasteiger partial charge in [-0.2, -0.15) is 0 Å². The van der Waals surface area contributed by atoms with Crippen LogP contribution in [0.15, 0.2) is 59.6 Å². The number of aromatic nitrogens is 2. The quantitative estimate of drug-likeness (QED) is 0.468. The highest BCUT2D eigenvalue weighted by molar-refractivity contribution is 7.89. The lowest BCUT2D eigenvalue weighted by molar-refractivity contribution is 0.122. The van der Waals surface area contributed by atoms with E-state index >= 15 is 0 Å². The van der Waals surface area contributed by atoms with Crippen LogP contribution in [0, 0.1) is 0 Å². The fourth-order valence-electron chi connectivity index (χ4n) is 4.13. The van der Waals surface area contributed by atoms with Gasteiger partial charge in [-0.25, -0.2) is 23.1 Å². The van der Waals surface area contributed by atoms with Crippen molar-refractivity contribution in [1.82, 2.24) is 14.7 Å². The molecule has 0 bridgehead atoms. The van der Waals surface area contributed by atoms with Crippen molar-refractivity contribution in [2.75, 3.05) is 36.5 Å². The van der Waals surface area contributed by atoms with Crippen LogP contribution >= 0.6 is 0 Å². The van der Waals surface area contributed by atoms with Crippen LogP contribution < -0.4 is 14.9 Å². The molecular formula is C27H35N5O3S. The zero-order valence-corrected chi connectivity index (χ0v) is 22.2. The molecule has 9 heteroatoms. The molecule has 4 rings (SSSR count). The molecule has 0 amide bonds. The normalized spacial score (nSPS) is 14.6. The van der Waals surface area contributed by atoms with Crippen LogP contribution in [0.25, 0.3) is 0 Å². The Balaban J connectivity index is 1.51. The largest absolute Gasteiger partial charge is 0.378 e. The number of hydrogen-bond donors (Lipinski definition) is 2. The molecule has 2 N–H and O–H groups in total. The number of nitrogens with zero attached hydrogens (tertiary/aromatic N) is 3. The van der Waals surface area contributed by atoms with Crippen LogP contribution in [-0.2, 0) is 27.6 Å². The SMILES string of the molecule is CCc1cnc(Nc2ccc(N3CCOCC3)cc2)nc1Cc1cccc(S(=O)(=O)NC(C)(C)C)c1. The summed E-state index contributed by atoms with van der Waals surface area (Å²) in [6.45, 7) is 10.8. The van der Waals surface area contributed by atoms with Crippen molar-refractivity contribution in [2.45, 2.75) is 51.0 Å². The molecular weight excluding hydrogens is 474 g/mol. The fraction of sp³-hybridized carbons (Fsp3) is 0.407. The van der Waals surface area contributed by atoms with Crippen molar-refractivity contribution in [2.24, 2.45) is 0 Å². The average Bonchev–Trinajstić information content (AvgIpc) is 2.84. The van der Waals surface area contributed by atoms with E-state index in [9.17, 15) is 8.42 Å². The number of benzene rings is 2. The first-order chi connectivity index (χ1) is 17.1. The summed E-state index contributed by atoms with van der Waals surface area (Å²) in [6, 6.07) is 15.3. The number of anilines is 3. The Morgan fingerprint density at radius 3 is 2.44 bits per heavy atom. The Bertz CT molecular complexity index is 1280. The molecule has 36 heavy (non-hydrogen) atoms. The third-order valence-corrected chi connectivity index (χ3v) is 7.61. The smallest absolute Gasteiger partial charge is 0.241 e. The predicted molar refractivity (Wildman–Crippen MR) is 143 cm³/mol. The number of morpholine rings is 1. The summed E-state index contributed by atoms with van der Waals surface area (Å²) in [5.74, 6) is 0.513. The topological polar surface area (TPSA) is 96.4 Å². The molecule has 8 nitrogen and oxygen atoms in total. The van der Waals surface area contributed by atoms with Crippen LogP contribution in [0.5, 0.6) is 0 Å². The van der Waals surface area contributed by atoms with E-state index in [0.717, 1.165) is 55.2 Å². The van der Waals surface area contributed by atoms with E-state index in [4.69, 9.17) is 9.72 Å². The van der Waals surface area contributed by atoms with Crippen molar-refractivity contribution < 1.29 is 13.2 Å². The van der Waals surface area contributed by atoms with Gasteiger partial charge in [0.25, 0.3) is 0 Å². The summed E-state index contributed by atoms with van der Waals surface area (Å²) in [4.78, 5) is 11.8. The second kappa shape index (κ2) is 10.9. The van der Waals surface area contributed by atoms with Crippen LogP contribution in [0.1, 0.15) is 44.5 Å². The number of aryl methyl sites for hydroxylation is 1. The number of rotatable bonds is 8. The number of ether oxygens (including phenoxy) is 1. The van der Waals surface area contributed by atoms with E-state index in [1.54, 1.807) is 18.2 Å². The molecule has 1 aromatic heterocycles. The van der Waals surface area contributed by atoms with Crippen LogP contribution in [0.2, 0.25) is 0 Å². The molecule has 0 spiro atoms. The van der Waals surface area contributed by atoms with Crippen molar-refractivity contribution in [1.29, 1.82) is 0 Å². The zero-order valence-electron chi connectivity index (χ0n) is 21.4. The lowest BCUT2D eigenvalue weighted by atomic mass is 10.1. The number of hydrogen-bond acceptors (Lipinski definition) is 7. The third-order valence-electron chi connectivity index (χ3n) is 5.86. The van der Waals surface area contributed by atoms with E-state index in [-0.39, 0.29) is 4.90 Å². The highest BCUT2D eigenvalue weighted by Crippen LogP contribution is 2.23. The standard InChI is InChI=1S/C27H35N5O3S/c1-5-21-19-28-26(29-22-9-11-23(12-10-22)32-13-15-35-16-14-32)30-25(21)18-20-7-6-8-24(17-20)36(33,34)31-27(2,3)4/h6-12,17,19,31H,5,13-16,18H2,1-4H3,(H,28,29,30). The predicted octanol–water partition coefficient (Wildman–Crippen LogP) is 4.29. The van der Waals surface area contributed by atoms with Crippen LogP contribution in [0.4, 0.5) is 17.3 Å². The molecule has 0 aliphatic carbocycles. The first-order valence-corrected chi connectivity index (χ1v) is 13.8. The second-order valence-electron chi connectivity index (χ2n) is 9.97. The Morgan fingerprint density at radius 2 is 1.78 bits per heavy atom. The van der Waals surface area contributed by atoms with Crippen molar-refractivity contribution in [3.63, 3.8) is 0 Å². The molecule has 0 unspecified atom stereocenters. The van der Waals surface area contributed by atoms with Gasteiger partial charge in [-0.15, -0.1) is 0 Å². The summed E-state index contributed by atoms with van der Waals surface area (Å²) >= 11 is 0. The van der Waals surface area contributed by atoms with Gasteiger partial charge in [0.2, 0.25) is 16.0 Å². The summed E-state index contributed by atoms with van der Waals surface area (Å²) in [7, 11) is -3.61. The lowest BCUT2D eigenvalue weighted by Crippen LogP contribution is -2.40. The number of sulfonamides is 1. The summed E-state index contributed by atoms with van der Waals surface area (Å²) in [5, 5.41) is 3.30. The fourth-order valence-corrected chi connectivity index (χ4v) is 5.62. The van der Waals surface area contributed by atoms with Gasteiger partial charge < -0.3 is 15.0 Å². The summed E-state index contributed by atoms with van der Waals surface area (Å²) in [5.41, 5.74) is 4.30. The van der Waals surface area contributed by atoms with E-state index in [0.29, 0.717) is 12.4 Å². The molecule has 2 aromatic carbocycles. The van der Waals surface area contributed by atoms with Gasteiger partial charge in [-0.3, -0.25) is 0 Å². The minimum absolute atomic E-state index is 0.251. The Hall–Kier alpha value is -3.01. The Morgan fingerprint density at radius 1 is 1.06 bits per heavy atom. The van der Waals surface area contributed by atoms with Crippen LogP contribution in [0.3, 0.4) is 0 Å². The van der Waals surface area contributed by atoms with E-state index < -0.39 is 15.6 Å². The molecule has 2 heterocycles. The van der Waals surface area contributed by atoms with Gasteiger partial charge in [0, 0.05) is 42.6 Å². The van der Waals surface area contributed by atoms with Crippen LogP contribution in [-0.4, -0.2) is 50.2 Å². The second-order valence-corrected chi connectivity index (χ2v) is 11.7. The maximum atomic E-state index is 12.8. The monoisotopic (exact) mass is 509 g/mol. The van der Waals surface area contributed by atoms with Gasteiger partial charge in [0.05, 0.1) is 23.8 Å². The van der Waals surface area contributed by atoms with E-state index in [1.165, 1.54) is 5.69 Å². The summed E-state index contributed by atoms with van der Waals surface area (Å²) in [6.07, 6.45) is 3.14. The van der Waals surface area contributed by atoms with E-state index in [1.807, 2.05) is 45.2 Å². The first kappa shape index (κ1) is 26.1. The van der Waals surface area contributed by atoms with Gasteiger partial charge >= 0.3 is 0 Å². The molecule has 3 aromatic rings. The molecule has 1 aliphatic heterocycles. The maximum absolute atomic E-state index is 12.8. The van der Waals surface area contributed by atoms with Gasteiger partial charge in [-0.1, -0.05) is 19.1 Å². The molecule has 0 saturated carbocycles. The highest BCUT2D eigenvalue weighted by Gasteiger charge is 2.22. The average molecular weight is 510 g/mol. The van der Waals surface area contributed by atoms with Crippen molar-refractivity contribution >= 4 is 27.3 Å². The molecule has 192 valence electrons. The summed E-state index contributed by atoms with van der Waals surface area (Å²) < 4.78 is 33.8. The van der Waals surface area contributed by atoms with Gasteiger partial charge in [0.15, 0.2) is 0 Å². The first-order valence-electron chi connectivity index (χ1n) is 12.3. The Kier molecular flexibility index (Phi) is 7.92. The molecule has 0 radical (unpaired) electrons. The maximum Gasteiger partial charge on any atom is 0.241 e.